The van der Waals surface area contributed by atoms with Crippen LogP contribution in [0.1, 0.15) is 36.3 Å². The molecule has 0 spiro atoms. The third-order valence-corrected chi connectivity index (χ3v) is 5.71. The van der Waals surface area contributed by atoms with Crippen molar-refractivity contribution in [1.82, 2.24) is 0 Å². The summed E-state index contributed by atoms with van der Waals surface area (Å²) in [6.45, 7) is 0. The van der Waals surface area contributed by atoms with Crippen LogP contribution in [0.4, 0.5) is 10.1 Å². The van der Waals surface area contributed by atoms with Crippen molar-refractivity contribution in [3.05, 3.63) is 88.1 Å². The van der Waals surface area contributed by atoms with E-state index in [0.717, 1.165) is 16.9 Å². The molecule has 1 aliphatic carbocycles. The summed E-state index contributed by atoms with van der Waals surface area (Å²) >= 11 is 0. The minimum absolute atomic E-state index is 0.0497. The second-order valence-electron chi connectivity index (χ2n) is 7.29. The fraction of sp³-hybridized carbons (Fsp3) is 0.174. The van der Waals surface area contributed by atoms with E-state index in [1.54, 1.807) is 18.2 Å². The lowest BCUT2D eigenvalue weighted by Gasteiger charge is -2.41. The second-order valence-corrected chi connectivity index (χ2v) is 7.29. The highest BCUT2D eigenvalue weighted by molar-refractivity contribution is 6.08. The summed E-state index contributed by atoms with van der Waals surface area (Å²) in [5.41, 5.74) is 9.57. The van der Waals surface area contributed by atoms with E-state index in [-0.39, 0.29) is 11.4 Å². The number of nitrogens with zero attached hydrogens (tertiary/aromatic N) is 3. The van der Waals surface area contributed by atoms with Gasteiger partial charge in [-0.15, -0.1) is 0 Å². The zero-order valence-corrected chi connectivity index (χ0v) is 15.5. The molecule has 5 nitrogen and oxygen atoms in total. The molecule has 2 aliphatic heterocycles. The van der Waals surface area contributed by atoms with Crippen molar-refractivity contribution < 1.29 is 9.18 Å². The van der Waals surface area contributed by atoms with Gasteiger partial charge in [0, 0.05) is 28.8 Å². The number of nitriles is 1. The van der Waals surface area contributed by atoms with Gasteiger partial charge in [-0.1, -0.05) is 30.3 Å². The van der Waals surface area contributed by atoms with Crippen molar-refractivity contribution in [1.29, 1.82) is 5.26 Å². The van der Waals surface area contributed by atoms with Gasteiger partial charge in [0.1, 0.15) is 11.7 Å². The average molecular weight is 384 g/mol. The lowest BCUT2D eigenvalue weighted by molar-refractivity contribution is -0.116. The Morgan fingerprint density at radius 3 is 2.69 bits per heavy atom. The molecule has 2 heterocycles. The number of Topliss-reactive ketones (excluding diaryl/α,β-unsaturated/α-hetero) is 1. The Labute approximate surface area is 167 Å². The van der Waals surface area contributed by atoms with Gasteiger partial charge in [-0.25, -0.2) is 9.38 Å². The van der Waals surface area contributed by atoms with Gasteiger partial charge in [0.2, 0.25) is 0 Å². The third-order valence-electron chi connectivity index (χ3n) is 5.71. The molecular formula is C23H17FN4O. The number of fused-ring (bicyclic) bond motifs is 4. The van der Waals surface area contributed by atoms with Crippen LogP contribution in [-0.4, -0.2) is 11.6 Å². The number of allylic oxidation sites excluding steroid dienone is 3. The standard InChI is InChI=1S/C23H17FN4O/c24-16-8-3-1-6-13(16)20-15(12-25)23-27-22(26)14-7-2-4-9-17(14)28(23)18-10-5-11-19(29)21(18)20/h1-4,6-9,20H,5,10-11H2,(H2,26,27). The molecule has 0 aromatic heterocycles. The number of hydrogen-bond donors (Lipinski definition) is 1. The van der Waals surface area contributed by atoms with Crippen molar-refractivity contribution in [3.8, 4) is 6.07 Å². The Balaban J connectivity index is 1.86. The van der Waals surface area contributed by atoms with E-state index in [0.29, 0.717) is 42.1 Å². The minimum Gasteiger partial charge on any atom is -0.383 e. The maximum atomic E-state index is 14.8. The lowest BCUT2D eigenvalue weighted by atomic mass is 9.75. The van der Waals surface area contributed by atoms with Crippen LogP contribution in [0.2, 0.25) is 0 Å². The minimum atomic E-state index is -0.780. The Kier molecular flexibility index (Phi) is 3.85. The summed E-state index contributed by atoms with van der Waals surface area (Å²) in [4.78, 5) is 19.4. The number of para-hydroxylation sites is 1. The topological polar surface area (TPSA) is 82.5 Å². The second kappa shape index (κ2) is 6.42. The predicted octanol–water partition coefficient (Wildman–Crippen LogP) is 3.89. The molecular weight excluding hydrogens is 367 g/mol. The SMILES string of the molecule is N#CC1=C2N=C(N)c3ccccc3N2C2=C(C(=O)CCC2)C1c1ccccc1F. The van der Waals surface area contributed by atoms with Gasteiger partial charge in [-0.3, -0.25) is 9.69 Å². The average Bonchev–Trinajstić information content (AvgIpc) is 2.73. The molecule has 0 bridgehead atoms. The number of nitrogens with two attached hydrogens (primary N) is 1. The van der Waals surface area contributed by atoms with Gasteiger partial charge in [0.25, 0.3) is 0 Å². The number of halogens is 1. The van der Waals surface area contributed by atoms with E-state index in [4.69, 9.17) is 5.73 Å². The van der Waals surface area contributed by atoms with Crippen LogP contribution < -0.4 is 10.6 Å². The molecule has 0 fully saturated rings. The van der Waals surface area contributed by atoms with Crippen molar-refractivity contribution in [2.24, 2.45) is 10.7 Å². The van der Waals surface area contributed by atoms with Crippen LogP contribution in [0.25, 0.3) is 0 Å². The van der Waals surface area contributed by atoms with Crippen LogP contribution in [0.3, 0.4) is 0 Å². The summed E-state index contributed by atoms with van der Waals surface area (Å²) in [6.07, 6.45) is 1.74. The van der Waals surface area contributed by atoms with Crippen molar-refractivity contribution in [2.45, 2.75) is 25.2 Å². The molecule has 142 valence electrons. The molecule has 6 heteroatoms. The summed E-state index contributed by atoms with van der Waals surface area (Å²) in [7, 11) is 0. The van der Waals surface area contributed by atoms with Gasteiger partial charge in [-0.2, -0.15) is 5.26 Å². The van der Waals surface area contributed by atoms with Gasteiger partial charge in [-0.05, 0) is 31.0 Å². The van der Waals surface area contributed by atoms with Crippen molar-refractivity contribution in [3.63, 3.8) is 0 Å². The van der Waals surface area contributed by atoms with Crippen LogP contribution >= 0.6 is 0 Å². The first-order valence-electron chi connectivity index (χ1n) is 9.50. The molecule has 1 atom stereocenters. The number of anilines is 1. The quantitative estimate of drug-likeness (QED) is 0.809. The Hall–Kier alpha value is -3.72. The van der Waals surface area contributed by atoms with Gasteiger partial charge in [0.15, 0.2) is 11.6 Å². The fourth-order valence-corrected chi connectivity index (χ4v) is 4.49. The first kappa shape index (κ1) is 17.4. The molecule has 5 rings (SSSR count). The summed E-state index contributed by atoms with van der Waals surface area (Å²) in [5, 5.41) is 10.1. The van der Waals surface area contributed by atoms with Crippen LogP contribution in [0.5, 0.6) is 0 Å². The van der Waals surface area contributed by atoms with Gasteiger partial charge >= 0.3 is 0 Å². The molecule has 2 N–H and O–H groups in total. The molecule has 2 aromatic carbocycles. The Morgan fingerprint density at radius 2 is 1.90 bits per heavy atom. The fourth-order valence-electron chi connectivity index (χ4n) is 4.49. The normalized spacial score (nSPS) is 20.6. The van der Waals surface area contributed by atoms with Crippen molar-refractivity contribution in [2.75, 3.05) is 4.90 Å². The number of carbonyl (C=O) groups excluding carboxylic acids is 1. The number of amidine groups is 1. The molecule has 0 amide bonds. The molecule has 1 unspecified atom stereocenters. The lowest BCUT2D eigenvalue weighted by Crippen LogP contribution is -2.39. The third kappa shape index (κ3) is 2.44. The zero-order valence-electron chi connectivity index (χ0n) is 15.5. The number of hydrogen-bond acceptors (Lipinski definition) is 5. The molecule has 2 aromatic rings. The van der Waals surface area contributed by atoms with E-state index in [1.165, 1.54) is 6.07 Å². The number of carbonyl (C=O) groups is 1. The highest BCUT2D eigenvalue weighted by Crippen LogP contribution is 2.49. The monoisotopic (exact) mass is 384 g/mol. The van der Waals surface area contributed by atoms with Gasteiger partial charge < -0.3 is 5.73 Å². The van der Waals surface area contributed by atoms with Gasteiger partial charge in [0.05, 0.1) is 23.2 Å². The Bertz CT molecular complexity index is 1200. The van der Waals surface area contributed by atoms with E-state index in [1.807, 2.05) is 29.2 Å². The first-order chi connectivity index (χ1) is 14.1. The van der Waals surface area contributed by atoms with E-state index >= 15 is 0 Å². The van der Waals surface area contributed by atoms with E-state index in [9.17, 15) is 14.4 Å². The number of ketones is 1. The molecule has 0 saturated carbocycles. The molecule has 3 aliphatic rings. The first-order valence-corrected chi connectivity index (χ1v) is 9.50. The predicted molar refractivity (Wildman–Crippen MR) is 107 cm³/mol. The summed E-state index contributed by atoms with van der Waals surface area (Å²) < 4.78 is 14.8. The van der Waals surface area contributed by atoms with E-state index in [2.05, 4.69) is 11.1 Å². The maximum Gasteiger partial charge on any atom is 0.161 e. The number of aliphatic imine (C=N–C) groups is 1. The number of benzene rings is 2. The highest BCUT2D eigenvalue weighted by Gasteiger charge is 2.43. The van der Waals surface area contributed by atoms with Crippen LogP contribution in [-0.2, 0) is 4.79 Å². The summed E-state index contributed by atoms with van der Waals surface area (Å²) in [6, 6.07) is 16.0. The van der Waals surface area contributed by atoms with E-state index < -0.39 is 11.7 Å². The van der Waals surface area contributed by atoms with Crippen molar-refractivity contribution >= 4 is 17.3 Å². The molecule has 29 heavy (non-hydrogen) atoms. The van der Waals surface area contributed by atoms with Crippen LogP contribution in [0, 0.1) is 17.1 Å². The van der Waals surface area contributed by atoms with Crippen LogP contribution in [0.15, 0.2) is 76.2 Å². The molecule has 0 saturated heterocycles. The Morgan fingerprint density at radius 1 is 1.14 bits per heavy atom. The highest BCUT2D eigenvalue weighted by atomic mass is 19.1. The molecule has 0 radical (unpaired) electrons. The maximum absolute atomic E-state index is 14.8. The largest absolute Gasteiger partial charge is 0.383 e. The number of rotatable bonds is 1. The summed E-state index contributed by atoms with van der Waals surface area (Å²) in [5.74, 6) is -0.593. The zero-order chi connectivity index (χ0) is 20.1. The smallest absolute Gasteiger partial charge is 0.161 e.